The molecule has 11 heteroatoms. The van der Waals surface area contributed by atoms with Crippen molar-refractivity contribution >= 4 is 62.3 Å². The van der Waals surface area contributed by atoms with Crippen LogP contribution in [-0.4, -0.2) is 10.9 Å². The molecule has 154 valence electrons. The summed E-state index contributed by atoms with van der Waals surface area (Å²) in [6, 6.07) is 9.36. The molecule has 1 heterocycles. The molecule has 0 unspecified atom stereocenters. The Labute approximate surface area is 182 Å². The number of hydrogen-bond donors (Lipinski definition) is 1. The van der Waals surface area contributed by atoms with Gasteiger partial charge in [-0.05, 0) is 42.0 Å². The number of rotatable bonds is 5. The summed E-state index contributed by atoms with van der Waals surface area (Å²) in [5.74, 6) is -0.447. The summed E-state index contributed by atoms with van der Waals surface area (Å²) >= 11 is 12.9. The molecule has 1 N–H and O–H groups in total. The first kappa shape index (κ1) is 21.9. The summed E-state index contributed by atoms with van der Waals surface area (Å²) in [6.45, 7) is 0. The molecule has 0 radical (unpaired) electrons. The van der Waals surface area contributed by atoms with Crippen LogP contribution in [0.1, 0.15) is 11.1 Å². The highest BCUT2D eigenvalue weighted by atomic mass is 35.5. The van der Waals surface area contributed by atoms with Crippen molar-refractivity contribution in [1.82, 2.24) is 4.98 Å². The average Bonchev–Trinajstić information content (AvgIpc) is 3.12. The first-order valence-electron chi connectivity index (χ1n) is 8.20. The number of alkyl halides is 3. The SMILES string of the molecule is O=C(C=Cc1ccc(Cl)cc1Cl)Nc1ncc(N=Nc2cccc(C(F)(F)F)c2)s1. The number of amides is 1. The van der Waals surface area contributed by atoms with Gasteiger partial charge in [-0.2, -0.15) is 13.2 Å². The number of anilines is 1. The van der Waals surface area contributed by atoms with E-state index in [1.165, 1.54) is 30.5 Å². The van der Waals surface area contributed by atoms with Gasteiger partial charge in [0.05, 0.1) is 17.4 Å². The second-order valence-electron chi connectivity index (χ2n) is 5.74. The van der Waals surface area contributed by atoms with Crippen molar-refractivity contribution in [2.75, 3.05) is 5.32 Å². The predicted octanol–water partition coefficient (Wildman–Crippen LogP) is 7.54. The summed E-state index contributed by atoms with van der Waals surface area (Å²) in [5.41, 5.74) is -0.152. The van der Waals surface area contributed by atoms with Gasteiger partial charge in [0.2, 0.25) is 5.91 Å². The minimum absolute atomic E-state index is 0.0478. The van der Waals surface area contributed by atoms with E-state index in [4.69, 9.17) is 23.2 Å². The van der Waals surface area contributed by atoms with Gasteiger partial charge < -0.3 is 0 Å². The van der Waals surface area contributed by atoms with Crippen LogP contribution >= 0.6 is 34.5 Å². The van der Waals surface area contributed by atoms with Gasteiger partial charge in [0.1, 0.15) is 0 Å². The highest BCUT2D eigenvalue weighted by Crippen LogP contribution is 2.33. The molecule has 30 heavy (non-hydrogen) atoms. The summed E-state index contributed by atoms with van der Waals surface area (Å²) in [7, 11) is 0. The van der Waals surface area contributed by atoms with E-state index in [-0.39, 0.29) is 10.8 Å². The van der Waals surface area contributed by atoms with Gasteiger partial charge in [-0.15, -0.1) is 10.2 Å². The third kappa shape index (κ3) is 6.12. The minimum Gasteiger partial charge on any atom is -0.298 e. The molecular formula is C19H11Cl2F3N4OS. The van der Waals surface area contributed by atoms with E-state index in [2.05, 4.69) is 20.5 Å². The molecule has 2 aromatic carbocycles. The Balaban J connectivity index is 1.63. The highest BCUT2D eigenvalue weighted by Gasteiger charge is 2.30. The van der Waals surface area contributed by atoms with Crippen molar-refractivity contribution in [3.8, 4) is 0 Å². The number of carbonyl (C=O) groups is 1. The lowest BCUT2D eigenvalue weighted by atomic mass is 10.2. The third-order valence-corrected chi connectivity index (χ3v) is 4.90. The zero-order valence-electron chi connectivity index (χ0n) is 14.8. The van der Waals surface area contributed by atoms with Crippen LogP contribution in [0.2, 0.25) is 10.0 Å². The van der Waals surface area contributed by atoms with Gasteiger partial charge in [-0.25, -0.2) is 4.98 Å². The molecular weight excluding hydrogens is 460 g/mol. The van der Waals surface area contributed by atoms with Gasteiger partial charge in [0, 0.05) is 16.1 Å². The van der Waals surface area contributed by atoms with Crippen LogP contribution in [0, 0.1) is 0 Å². The van der Waals surface area contributed by atoms with Crippen molar-refractivity contribution < 1.29 is 18.0 Å². The van der Waals surface area contributed by atoms with E-state index in [0.29, 0.717) is 20.6 Å². The maximum Gasteiger partial charge on any atom is 0.416 e. The van der Waals surface area contributed by atoms with Crippen LogP contribution in [0.3, 0.4) is 0 Å². The smallest absolute Gasteiger partial charge is 0.298 e. The zero-order valence-corrected chi connectivity index (χ0v) is 17.1. The Morgan fingerprint density at radius 2 is 1.93 bits per heavy atom. The Hall–Kier alpha value is -2.75. The Morgan fingerprint density at radius 3 is 2.67 bits per heavy atom. The number of benzene rings is 2. The summed E-state index contributed by atoms with van der Waals surface area (Å²) in [6.07, 6.45) is -0.315. The fourth-order valence-corrected chi connectivity index (χ4v) is 3.28. The normalized spacial score (nSPS) is 12.0. The maximum atomic E-state index is 12.7. The third-order valence-electron chi connectivity index (χ3n) is 3.54. The number of halogens is 5. The second-order valence-corrected chi connectivity index (χ2v) is 7.59. The van der Waals surface area contributed by atoms with Crippen molar-refractivity contribution in [1.29, 1.82) is 0 Å². The number of azo groups is 1. The number of nitrogens with one attached hydrogen (secondary N) is 1. The molecule has 0 aliphatic rings. The zero-order chi connectivity index (χ0) is 21.7. The molecule has 0 saturated carbocycles. The fraction of sp³-hybridized carbons (Fsp3) is 0.0526. The molecule has 0 aliphatic carbocycles. The molecule has 1 aromatic heterocycles. The van der Waals surface area contributed by atoms with Gasteiger partial charge in [0.25, 0.3) is 0 Å². The van der Waals surface area contributed by atoms with Crippen molar-refractivity contribution in [3.05, 3.63) is 75.9 Å². The second kappa shape index (κ2) is 9.38. The van der Waals surface area contributed by atoms with Crippen molar-refractivity contribution in [2.45, 2.75) is 6.18 Å². The Morgan fingerprint density at radius 1 is 1.13 bits per heavy atom. The number of thiazole rings is 1. The Kier molecular flexibility index (Phi) is 6.86. The average molecular weight is 471 g/mol. The molecule has 0 atom stereocenters. The largest absolute Gasteiger partial charge is 0.416 e. The highest BCUT2D eigenvalue weighted by molar-refractivity contribution is 7.19. The standard InChI is InChI=1S/C19H11Cl2F3N4OS/c20-13-6-4-11(15(21)9-13)5-7-16(29)26-18-25-10-17(30-18)28-27-14-3-1-2-12(8-14)19(22,23)24/h1-10H,(H,25,26,29). The van der Waals surface area contributed by atoms with Crippen LogP contribution in [0.25, 0.3) is 6.08 Å². The predicted molar refractivity (Wildman–Crippen MR) is 112 cm³/mol. The first-order chi connectivity index (χ1) is 14.2. The summed E-state index contributed by atoms with van der Waals surface area (Å²) in [5, 5.41) is 11.6. The number of nitrogens with zero attached hydrogens (tertiary/aromatic N) is 3. The van der Waals surface area contributed by atoms with Gasteiger partial charge in [0.15, 0.2) is 10.1 Å². The maximum absolute atomic E-state index is 12.7. The lowest BCUT2D eigenvalue weighted by Crippen LogP contribution is -2.07. The van der Waals surface area contributed by atoms with Gasteiger partial charge in [-0.3, -0.25) is 10.1 Å². The van der Waals surface area contributed by atoms with E-state index >= 15 is 0 Å². The van der Waals surface area contributed by atoms with E-state index in [1.54, 1.807) is 18.2 Å². The van der Waals surface area contributed by atoms with Crippen LogP contribution in [-0.2, 0) is 11.0 Å². The van der Waals surface area contributed by atoms with Crippen LogP contribution in [0.5, 0.6) is 0 Å². The summed E-state index contributed by atoms with van der Waals surface area (Å²) in [4.78, 5) is 16.0. The lowest BCUT2D eigenvalue weighted by Gasteiger charge is -2.05. The van der Waals surface area contributed by atoms with E-state index < -0.39 is 17.6 Å². The summed E-state index contributed by atoms with van der Waals surface area (Å²) < 4.78 is 38.2. The molecule has 3 aromatic rings. The molecule has 3 rings (SSSR count). The monoisotopic (exact) mass is 470 g/mol. The van der Waals surface area contributed by atoms with Crippen LogP contribution in [0.15, 0.2) is 65.0 Å². The Bertz CT molecular complexity index is 1130. The topological polar surface area (TPSA) is 66.7 Å². The van der Waals surface area contributed by atoms with E-state index in [1.807, 2.05) is 0 Å². The number of hydrogen-bond acceptors (Lipinski definition) is 5. The van der Waals surface area contributed by atoms with Crippen molar-refractivity contribution in [3.63, 3.8) is 0 Å². The van der Waals surface area contributed by atoms with Gasteiger partial charge in [-0.1, -0.05) is 46.7 Å². The minimum atomic E-state index is -4.46. The molecule has 0 saturated heterocycles. The number of aromatic nitrogens is 1. The van der Waals surface area contributed by atoms with Gasteiger partial charge >= 0.3 is 6.18 Å². The van der Waals surface area contributed by atoms with Crippen LogP contribution in [0.4, 0.5) is 29.0 Å². The lowest BCUT2D eigenvalue weighted by molar-refractivity contribution is -0.137. The van der Waals surface area contributed by atoms with E-state index in [0.717, 1.165) is 23.5 Å². The number of carbonyl (C=O) groups excluding carboxylic acids is 1. The molecule has 0 fully saturated rings. The molecule has 0 bridgehead atoms. The molecule has 1 amide bonds. The van der Waals surface area contributed by atoms with Crippen molar-refractivity contribution in [2.24, 2.45) is 10.2 Å². The quantitative estimate of drug-likeness (QED) is 0.309. The van der Waals surface area contributed by atoms with Crippen LogP contribution < -0.4 is 5.32 Å². The molecule has 0 aliphatic heterocycles. The first-order valence-corrected chi connectivity index (χ1v) is 9.77. The van der Waals surface area contributed by atoms with E-state index in [9.17, 15) is 18.0 Å². The fourth-order valence-electron chi connectivity index (χ4n) is 2.17. The molecule has 5 nitrogen and oxygen atoms in total. The molecule has 0 spiro atoms.